The summed E-state index contributed by atoms with van der Waals surface area (Å²) in [5, 5.41) is 5.99. The van der Waals surface area contributed by atoms with Gasteiger partial charge in [-0.2, -0.15) is 0 Å². The van der Waals surface area contributed by atoms with Gasteiger partial charge in [-0.3, -0.25) is 4.79 Å². The number of hydrogen-bond acceptors (Lipinski definition) is 4. The van der Waals surface area contributed by atoms with Gasteiger partial charge in [-0.15, -0.1) is 12.4 Å². The number of ether oxygens (including phenoxy) is 2. The number of methoxy groups -OCH3 is 1. The molecule has 1 amide bonds. The van der Waals surface area contributed by atoms with Crippen LogP contribution in [0.15, 0.2) is 24.3 Å². The minimum atomic E-state index is -0.135. The second-order valence-corrected chi connectivity index (χ2v) is 4.04. The molecule has 0 aliphatic rings. The standard InChI is InChI=1S/C14H22N2O3.ClH/c1-3-8-15-9-10-16-14(17)11-19-13-7-5-4-6-12(13)18-2;/h4-7,15H,3,8-11H2,1-2H3,(H,16,17);1H. The molecule has 5 nitrogen and oxygen atoms in total. The molecular weight excluding hydrogens is 280 g/mol. The normalized spacial score (nSPS) is 9.50. The third-order valence-corrected chi connectivity index (χ3v) is 2.48. The summed E-state index contributed by atoms with van der Waals surface area (Å²) >= 11 is 0. The summed E-state index contributed by atoms with van der Waals surface area (Å²) in [6.07, 6.45) is 1.09. The maximum Gasteiger partial charge on any atom is 0.257 e. The maximum absolute atomic E-state index is 11.5. The Kier molecular flexibility index (Phi) is 10.5. The Morgan fingerprint density at radius 2 is 1.85 bits per heavy atom. The number of nitrogens with one attached hydrogen (secondary N) is 2. The third-order valence-electron chi connectivity index (χ3n) is 2.48. The van der Waals surface area contributed by atoms with E-state index < -0.39 is 0 Å². The minimum absolute atomic E-state index is 0. The average Bonchev–Trinajstić information content (AvgIpc) is 2.45. The largest absolute Gasteiger partial charge is 0.493 e. The van der Waals surface area contributed by atoms with Crippen LogP contribution in [0.3, 0.4) is 0 Å². The average molecular weight is 303 g/mol. The van der Waals surface area contributed by atoms with Gasteiger partial charge in [0.15, 0.2) is 18.1 Å². The van der Waals surface area contributed by atoms with Crippen LogP contribution in [-0.2, 0) is 4.79 Å². The van der Waals surface area contributed by atoms with E-state index in [1.54, 1.807) is 19.2 Å². The lowest BCUT2D eigenvalue weighted by atomic mass is 10.3. The highest BCUT2D eigenvalue weighted by Gasteiger charge is 2.05. The molecule has 1 rings (SSSR count). The van der Waals surface area contributed by atoms with Gasteiger partial charge in [0.2, 0.25) is 0 Å². The summed E-state index contributed by atoms with van der Waals surface area (Å²) in [5.74, 6) is 1.06. The molecule has 1 aromatic carbocycles. The fourth-order valence-electron chi connectivity index (χ4n) is 1.52. The van der Waals surface area contributed by atoms with Gasteiger partial charge >= 0.3 is 0 Å². The molecule has 0 spiro atoms. The van der Waals surface area contributed by atoms with Crippen molar-refractivity contribution in [1.29, 1.82) is 0 Å². The number of carbonyl (C=O) groups excluding carboxylic acids is 1. The van der Waals surface area contributed by atoms with Crippen LogP contribution in [0.5, 0.6) is 11.5 Å². The predicted octanol–water partition coefficient (Wildman–Crippen LogP) is 1.61. The Bertz CT molecular complexity index is 388. The number of para-hydroxylation sites is 2. The molecule has 0 aliphatic carbocycles. The molecule has 0 aromatic heterocycles. The van der Waals surface area contributed by atoms with Gasteiger partial charge in [0.1, 0.15) is 0 Å². The Morgan fingerprint density at radius 1 is 1.15 bits per heavy atom. The van der Waals surface area contributed by atoms with Crippen LogP contribution in [0.2, 0.25) is 0 Å². The highest BCUT2D eigenvalue weighted by atomic mass is 35.5. The van der Waals surface area contributed by atoms with Gasteiger partial charge in [-0.25, -0.2) is 0 Å². The highest BCUT2D eigenvalue weighted by Crippen LogP contribution is 2.25. The molecule has 0 saturated carbocycles. The molecule has 0 saturated heterocycles. The van der Waals surface area contributed by atoms with Crippen LogP contribution >= 0.6 is 12.4 Å². The van der Waals surface area contributed by atoms with Gasteiger partial charge in [0.05, 0.1) is 7.11 Å². The molecule has 0 atom stereocenters. The molecule has 2 N–H and O–H groups in total. The van der Waals surface area contributed by atoms with Crippen LogP contribution in [0.1, 0.15) is 13.3 Å². The fraction of sp³-hybridized carbons (Fsp3) is 0.500. The van der Waals surface area contributed by atoms with Crippen LogP contribution in [0, 0.1) is 0 Å². The summed E-state index contributed by atoms with van der Waals surface area (Å²) < 4.78 is 10.5. The van der Waals surface area contributed by atoms with E-state index in [9.17, 15) is 4.79 Å². The zero-order valence-corrected chi connectivity index (χ0v) is 12.8. The summed E-state index contributed by atoms with van der Waals surface area (Å²) in [6, 6.07) is 7.26. The number of rotatable bonds is 9. The van der Waals surface area contributed by atoms with Crippen molar-refractivity contribution in [3.8, 4) is 11.5 Å². The van der Waals surface area contributed by atoms with Crippen molar-refractivity contribution in [3.05, 3.63) is 24.3 Å². The first-order chi connectivity index (χ1) is 9.27. The van der Waals surface area contributed by atoms with E-state index in [0.717, 1.165) is 19.5 Å². The number of halogens is 1. The van der Waals surface area contributed by atoms with Crippen LogP contribution in [0.4, 0.5) is 0 Å². The van der Waals surface area contributed by atoms with Gasteiger partial charge in [-0.05, 0) is 25.1 Å². The first kappa shape index (κ1) is 18.5. The topological polar surface area (TPSA) is 59.6 Å². The second kappa shape index (κ2) is 11.4. The smallest absolute Gasteiger partial charge is 0.257 e. The van der Waals surface area contributed by atoms with Crippen molar-refractivity contribution in [2.75, 3.05) is 33.4 Å². The van der Waals surface area contributed by atoms with Crippen molar-refractivity contribution in [1.82, 2.24) is 10.6 Å². The quantitative estimate of drug-likeness (QED) is 0.681. The van der Waals surface area contributed by atoms with Crippen molar-refractivity contribution >= 4 is 18.3 Å². The minimum Gasteiger partial charge on any atom is -0.493 e. The van der Waals surface area contributed by atoms with E-state index >= 15 is 0 Å². The van der Waals surface area contributed by atoms with Crippen LogP contribution in [-0.4, -0.2) is 39.3 Å². The van der Waals surface area contributed by atoms with Gasteiger partial charge < -0.3 is 20.1 Å². The lowest BCUT2D eigenvalue weighted by Gasteiger charge is -2.10. The number of carbonyl (C=O) groups is 1. The van der Waals surface area contributed by atoms with E-state index in [2.05, 4.69) is 17.6 Å². The van der Waals surface area contributed by atoms with Crippen molar-refractivity contribution < 1.29 is 14.3 Å². The van der Waals surface area contributed by atoms with Gasteiger partial charge in [0, 0.05) is 13.1 Å². The zero-order valence-electron chi connectivity index (χ0n) is 12.0. The molecule has 20 heavy (non-hydrogen) atoms. The van der Waals surface area contributed by atoms with Gasteiger partial charge in [-0.1, -0.05) is 19.1 Å². The van der Waals surface area contributed by atoms with Crippen LogP contribution in [0.25, 0.3) is 0 Å². The molecule has 6 heteroatoms. The monoisotopic (exact) mass is 302 g/mol. The lowest BCUT2D eigenvalue weighted by Crippen LogP contribution is -2.35. The highest BCUT2D eigenvalue weighted by molar-refractivity contribution is 5.85. The first-order valence-corrected chi connectivity index (χ1v) is 6.51. The third kappa shape index (κ3) is 7.21. The van der Waals surface area contributed by atoms with Crippen LogP contribution < -0.4 is 20.1 Å². The zero-order chi connectivity index (χ0) is 13.9. The fourth-order valence-corrected chi connectivity index (χ4v) is 1.52. The van der Waals surface area contributed by atoms with Crippen molar-refractivity contribution in [2.45, 2.75) is 13.3 Å². The lowest BCUT2D eigenvalue weighted by molar-refractivity contribution is -0.123. The van der Waals surface area contributed by atoms with E-state index in [0.29, 0.717) is 18.0 Å². The van der Waals surface area contributed by atoms with E-state index in [4.69, 9.17) is 9.47 Å². The summed E-state index contributed by atoms with van der Waals surface area (Å²) in [6.45, 7) is 4.44. The number of benzene rings is 1. The molecule has 0 bridgehead atoms. The van der Waals surface area contributed by atoms with E-state index in [1.807, 2.05) is 12.1 Å². The first-order valence-electron chi connectivity index (χ1n) is 6.51. The van der Waals surface area contributed by atoms with Crippen molar-refractivity contribution in [3.63, 3.8) is 0 Å². The number of hydrogen-bond donors (Lipinski definition) is 2. The summed E-state index contributed by atoms with van der Waals surface area (Å²) in [7, 11) is 1.57. The molecule has 0 aliphatic heterocycles. The number of amides is 1. The Morgan fingerprint density at radius 3 is 2.50 bits per heavy atom. The summed E-state index contributed by atoms with van der Waals surface area (Å²) in [4.78, 5) is 11.5. The van der Waals surface area contributed by atoms with Crippen molar-refractivity contribution in [2.24, 2.45) is 0 Å². The predicted molar refractivity (Wildman–Crippen MR) is 81.9 cm³/mol. The molecule has 114 valence electrons. The Balaban J connectivity index is 0.00000361. The van der Waals surface area contributed by atoms with Gasteiger partial charge in [0.25, 0.3) is 5.91 Å². The molecule has 0 heterocycles. The maximum atomic E-state index is 11.5. The summed E-state index contributed by atoms with van der Waals surface area (Å²) in [5.41, 5.74) is 0. The van der Waals surface area contributed by atoms with E-state index in [1.165, 1.54) is 0 Å². The molecule has 0 radical (unpaired) electrons. The van der Waals surface area contributed by atoms with E-state index in [-0.39, 0.29) is 24.9 Å². The SMILES string of the molecule is CCCNCCNC(=O)COc1ccccc1OC.Cl. The molecule has 1 aromatic rings. The second-order valence-electron chi connectivity index (χ2n) is 4.04. The molecule has 0 fully saturated rings. The Labute approximate surface area is 126 Å². The molecular formula is C14H23ClN2O3. The Hall–Kier alpha value is -1.46. The molecule has 0 unspecified atom stereocenters.